The van der Waals surface area contributed by atoms with E-state index in [1.54, 1.807) is 37.9 Å². The summed E-state index contributed by atoms with van der Waals surface area (Å²) in [5, 5.41) is 0.595. The van der Waals surface area contributed by atoms with E-state index < -0.39 is 16.3 Å². The number of halogens is 1. The van der Waals surface area contributed by atoms with E-state index in [4.69, 9.17) is 20.5 Å². The van der Waals surface area contributed by atoms with Crippen molar-refractivity contribution in [2.45, 2.75) is 16.0 Å². The van der Waals surface area contributed by atoms with Crippen molar-refractivity contribution >= 4 is 45.1 Å². The number of methoxy groups -OCH3 is 1. The number of ether oxygens (including phenoxy) is 1. The van der Waals surface area contributed by atoms with Crippen molar-refractivity contribution in [3.8, 4) is 17.6 Å². The van der Waals surface area contributed by atoms with Crippen LogP contribution in [0, 0.1) is 11.8 Å². The SMILES string of the molecule is COc1ccc2c(c1)Sc1ccc(Cl)cc1C(C#CC(OS(C)(=O)=O)N(C)C)=C2. The normalized spacial score (nSPS) is 14.1. The maximum Gasteiger partial charge on any atom is 0.266 e. The molecule has 0 fully saturated rings. The zero-order valence-electron chi connectivity index (χ0n) is 16.4. The van der Waals surface area contributed by atoms with Crippen molar-refractivity contribution in [2.75, 3.05) is 27.5 Å². The summed E-state index contributed by atoms with van der Waals surface area (Å²) in [6, 6.07) is 11.5. The lowest BCUT2D eigenvalue weighted by Gasteiger charge is -2.17. The average molecular weight is 450 g/mol. The van der Waals surface area contributed by atoms with Crippen LogP contribution in [0.4, 0.5) is 0 Å². The van der Waals surface area contributed by atoms with Gasteiger partial charge in [-0.05, 0) is 62.0 Å². The van der Waals surface area contributed by atoms with Crippen molar-refractivity contribution in [1.82, 2.24) is 4.90 Å². The quantitative estimate of drug-likeness (QED) is 0.395. The molecule has 1 aliphatic rings. The van der Waals surface area contributed by atoms with Crippen LogP contribution in [0.15, 0.2) is 46.2 Å². The van der Waals surface area contributed by atoms with Gasteiger partial charge >= 0.3 is 0 Å². The van der Waals surface area contributed by atoms with Crippen LogP contribution in [-0.2, 0) is 14.3 Å². The minimum Gasteiger partial charge on any atom is -0.497 e. The first-order chi connectivity index (χ1) is 13.7. The zero-order chi connectivity index (χ0) is 21.2. The van der Waals surface area contributed by atoms with Gasteiger partial charge in [0.2, 0.25) is 0 Å². The average Bonchev–Trinajstić information content (AvgIpc) is 2.79. The van der Waals surface area contributed by atoms with Gasteiger partial charge in [0.25, 0.3) is 10.1 Å². The van der Waals surface area contributed by atoms with E-state index in [1.807, 2.05) is 42.5 Å². The molecule has 0 N–H and O–H groups in total. The second-order valence-corrected chi connectivity index (χ2v) is 9.71. The molecule has 1 heterocycles. The Morgan fingerprint density at radius 2 is 1.90 bits per heavy atom. The summed E-state index contributed by atoms with van der Waals surface area (Å²) in [5.41, 5.74) is 2.59. The maximum atomic E-state index is 11.6. The second-order valence-electron chi connectivity index (χ2n) is 6.59. The van der Waals surface area contributed by atoms with Crippen molar-refractivity contribution in [2.24, 2.45) is 0 Å². The fourth-order valence-electron chi connectivity index (χ4n) is 2.65. The van der Waals surface area contributed by atoms with Crippen LogP contribution >= 0.6 is 23.4 Å². The topological polar surface area (TPSA) is 55.8 Å². The number of allylic oxidation sites excluding steroid dienone is 1. The summed E-state index contributed by atoms with van der Waals surface area (Å²) in [7, 11) is 1.38. The van der Waals surface area contributed by atoms with Gasteiger partial charge in [-0.3, -0.25) is 4.90 Å². The molecule has 29 heavy (non-hydrogen) atoms. The highest BCUT2D eigenvalue weighted by molar-refractivity contribution is 7.99. The van der Waals surface area contributed by atoms with E-state index in [1.165, 1.54) is 0 Å². The first-order valence-electron chi connectivity index (χ1n) is 8.60. The number of rotatable bonds is 4. The largest absolute Gasteiger partial charge is 0.497 e. The fourth-order valence-corrected chi connectivity index (χ4v) is 4.45. The maximum absolute atomic E-state index is 11.6. The molecule has 0 saturated carbocycles. The zero-order valence-corrected chi connectivity index (χ0v) is 18.8. The predicted molar refractivity (Wildman–Crippen MR) is 118 cm³/mol. The molecule has 1 atom stereocenters. The number of benzene rings is 2. The summed E-state index contributed by atoms with van der Waals surface area (Å²) < 4.78 is 33.5. The van der Waals surface area contributed by atoms with Crippen LogP contribution in [0.3, 0.4) is 0 Å². The van der Waals surface area contributed by atoms with Crippen molar-refractivity contribution in [1.29, 1.82) is 0 Å². The number of fused-ring (bicyclic) bond motifs is 2. The first-order valence-corrected chi connectivity index (χ1v) is 11.6. The summed E-state index contributed by atoms with van der Waals surface area (Å²) in [6.07, 6.45) is 2.06. The van der Waals surface area contributed by atoms with Crippen molar-refractivity contribution in [3.05, 3.63) is 52.5 Å². The highest BCUT2D eigenvalue weighted by Gasteiger charge is 2.18. The third-order valence-corrected chi connectivity index (χ3v) is 5.95. The smallest absolute Gasteiger partial charge is 0.266 e. The van der Waals surface area contributed by atoms with Gasteiger partial charge < -0.3 is 4.74 Å². The highest BCUT2D eigenvalue weighted by Crippen LogP contribution is 2.42. The van der Waals surface area contributed by atoms with Gasteiger partial charge in [-0.25, -0.2) is 4.18 Å². The van der Waals surface area contributed by atoms with E-state index in [-0.39, 0.29) is 0 Å². The minimum atomic E-state index is -3.65. The first kappa shape index (κ1) is 21.8. The van der Waals surface area contributed by atoms with E-state index in [9.17, 15) is 8.42 Å². The third kappa shape index (κ3) is 5.56. The van der Waals surface area contributed by atoms with E-state index in [2.05, 4.69) is 11.8 Å². The molecule has 0 amide bonds. The van der Waals surface area contributed by atoms with E-state index in [0.717, 1.165) is 38.5 Å². The Labute approximate surface area is 180 Å². The Bertz CT molecular complexity index is 1130. The molecule has 0 bridgehead atoms. The van der Waals surface area contributed by atoms with Gasteiger partial charge in [-0.15, -0.1) is 0 Å². The number of nitrogens with zero attached hydrogens (tertiary/aromatic N) is 1. The predicted octanol–water partition coefficient (Wildman–Crippen LogP) is 4.22. The summed E-state index contributed by atoms with van der Waals surface area (Å²) in [4.78, 5) is 3.62. The molecule has 0 aliphatic carbocycles. The standard InChI is InChI=1S/C21H20ClNO4S2/c1-23(2)21(27-29(4,24)25)10-6-14-11-15-5-8-17(26-3)13-20(15)28-19-9-7-16(22)12-18(14)19/h5,7-9,11-13,21H,1-4H3. The lowest BCUT2D eigenvalue weighted by molar-refractivity contribution is 0.124. The number of hydrogen-bond acceptors (Lipinski definition) is 6. The third-order valence-electron chi connectivity index (χ3n) is 4.04. The molecular weight excluding hydrogens is 430 g/mol. The Morgan fingerprint density at radius 1 is 1.14 bits per heavy atom. The van der Waals surface area contributed by atoms with Gasteiger partial charge in [0, 0.05) is 26.0 Å². The molecule has 152 valence electrons. The van der Waals surface area contributed by atoms with Crippen LogP contribution in [0.2, 0.25) is 5.02 Å². The van der Waals surface area contributed by atoms with Crippen molar-refractivity contribution in [3.63, 3.8) is 0 Å². The van der Waals surface area contributed by atoms with Crippen LogP contribution in [0.5, 0.6) is 5.75 Å². The Hall–Kier alpha value is -1.95. The molecule has 0 spiro atoms. The summed E-state index contributed by atoms with van der Waals surface area (Å²) in [6.45, 7) is 0. The fraction of sp³-hybridized carbons (Fsp3) is 0.238. The Morgan fingerprint density at radius 3 is 2.55 bits per heavy atom. The molecule has 0 saturated heterocycles. The Balaban J connectivity index is 2.12. The van der Waals surface area contributed by atoms with Gasteiger partial charge in [-0.1, -0.05) is 35.3 Å². The molecule has 0 aromatic heterocycles. The lowest BCUT2D eigenvalue weighted by atomic mass is 10.0. The summed E-state index contributed by atoms with van der Waals surface area (Å²) >= 11 is 7.84. The molecule has 0 radical (unpaired) electrons. The molecule has 3 rings (SSSR count). The molecule has 8 heteroatoms. The van der Waals surface area contributed by atoms with Crippen LogP contribution in [-0.4, -0.2) is 47.0 Å². The Kier molecular flexibility index (Phi) is 6.62. The van der Waals surface area contributed by atoms with Crippen LogP contribution in [0.25, 0.3) is 11.6 Å². The van der Waals surface area contributed by atoms with E-state index in [0.29, 0.717) is 5.02 Å². The lowest BCUT2D eigenvalue weighted by Crippen LogP contribution is -2.31. The molecule has 2 aromatic rings. The molecule has 5 nitrogen and oxygen atoms in total. The molecule has 1 aliphatic heterocycles. The molecule has 2 aromatic carbocycles. The highest BCUT2D eigenvalue weighted by atomic mass is 35.5. The van der Waals surface area contributed by atoms with Gasteiger partial charge in [0.1, 0.15) is 5.75 Å². The van der Waals surface area contributed by atoms with Gasteiger partial charge in [0.15, 0.2) is 6.23 Å². The summed E-state index contributed by atoms with van der Waals surface area (Å²) in [5.74, 6) is 6.78. The monoisotopic (exact) mass is 449 g/mol. The molecular formula is C21H20ClNO4S2. The second kappa shape index (κ2) is 8.82. The van der Waals surface area contributed by atoms with Crippen LogP contribution in [0.1, 0.15) is 11.1 Å². The van der Waals surface area contributed by atoms with E-state index >= 15 is 0 Å². The van der Waals surface area contributed by atoms with Crippen LogP contribution < -0.4 is 4.74 Å². The van der Waals surface area contributed by atoms with Gasteiger partial charge in [-0.2, -0.15) is 8.42 Å². The number of hydrogen-bond donors (Lipinski definition) is 0. The molecule has 1 unspecified atom stereocenters. The minimum absolute atomic E-state index is 0.595. The van der Waals surface area contributed by atoms with Crippen molar-refractivity contribution < 1.29 is 17.3 Å². The van der Waals surface area contributed by atoms with Gasteiger partial charge in [0.05, 0.1) is 13.4 Å².